The van der Waals surface area contributed by atoms with Crippen molar-refractivity contribution in [3.05, 3.63) is 47.4 Å². The van der Waals surface area contributed by atoms with E-state index in [0.29, 0.717) is 18.0 Å². The van der Waals surface area contributed by atoms with Gasteiger partial charge in [0.05, 0.1) is 24.4 Å². The molecule has 0 bridgehead atoms. The Morgan fingerprint density at radius 2 is 2.14 bits per heavy atom. The molecular weight excluding hydrogens is 374 g/mol. The van der Waals surface area contributed by atoms with E-state index >= 15 is 0 Å². The van der Waals surface area contributed by atoms with Gasteiger partial charge in [0.25, 0.3) is 0 Å². The third-order valence-electron chi connectivity index (χ3n) is 5.53. The Labute approximate surface area is 167 Å². The van der Waals surface area contributed by atoms with Gasteiger partial charge in [0, 0.05) is 12.2 Å². The molecule has 2 aliphatic heterocycles. The number of carbonyl (C=O) groups is 3. The van der Waals surface area contributed by atoms with Gasteiger partial charge in [0.15, 0.2) is 0 Å². The van der Waals surface area contributed by atoms with E-state index in [2.05, 4.69) is 10.6 Å². The van der Waals surface area contributed by atoms with E-state index in [4.69, 9.17) is 4.42 Å². The number of benzene rings is 1. The molecule has 8 nitrogen and oxygen atoms in total. The molecular formula is C21H23N3O5. The number of amides is 3. The van der Waals surface area contributed by atoms with Gasteiger partial charge in [-0.25, -0.2) is 0 Å². The number of furan rings is 1. The van der Waals surface area contributed by atoms with Crippen molar-refractivity contribution in [3.63, 3.8) is 0 Å². The zero-order valence-electron chi connectivity index (χ0n) is 16.3. The Morgan fingerprint density at radius 1 is 1.34 bits per heavy atom. The van der Waals surface area contributed by atoms with E-state index in [9.17, 15) is 19.5 Å². The monoisotopic (exact) mass is 397 g/mol. The molecule has 2 aliphatic rings. The highest BCUT2D eigenvalue weighted by Gasteiger charge is 2.38. The van der Waals surface area contributed by atoms with Crippen molar-refractivity contribution in [2.75, 3.05) is 23.3 Å². The molecule has 1 aromatic carbocycles. The van der Waals surface area contributed by atoms with Crippen LogP contribution in [0.5, 0.6) is 0 Å². The molecule has 3 amide bonds. The molecule has 3 heterocycles. The number of hydrogen-bond acceptors (Lipinski definition) is 5. The smallest absolute Gasteiger partial charge is 0.313 e. The topological polar surface area (TPSA) is 112 Å². The fourth-order valence-corrected chi connectivity index (χ4v) is 3.96. The molecule has 29 heavy (non-hydrogen) atoms. The predicted molar refractivity (Wildman–Crippen MR) is 105 cm³/mol. The zero-order chi connectivity index (χ0) is 20.8. The molecule has 0 spiro atoms. The highest BCUT2D eigenvalue weighted by molar-refractivity contribution is 6.39. The largest absolute Gasteiger partial charge is 0.466 e. The first-order chi connectivity index (χ1) is 13.8. The SMILES string of the molecule is C[C@@H]1C(=O)N2CCCc3cc(NC(=O)C(=O)NC[C@@](C)(O)c4ccco4)cc1c32. The zero-order valence-corrected chi connectivity index (χ0v) is 16.3. The summed E-state index contributed by atoms with van der Waals surface area (Å²) >= 11 is 0. The molecule has 2 aromatic rings. The van der Waals surface area contributed by atoms with Gasteiger partial charge in [-0.2, -0.15) is 0 Å². The van der Waals surface area contributed by atoms with Crippen LogP contribution in [0.2, 0.25) is 0 Å². The highest BCUT2D eigenvalue weighted by Crippen LogP contribution is 2.44. The fraction of sp³-hybridized carbons (Fsp3) is 0.381. The lowest BCUT2D eigenvalue weighted by molar-refractivity contribution is -0.136. The third-order valence-corrected chi connectivity index (χ3v) is 5.53. The fourth-order valence-electron chi connectivity index (χ4n) is 3.96. The predicted octanol–water partition coefficient (Wildman–Crippen LogP) is 1.64. The summed E-state index contributed by atoms with van der Waals surface area (Å²) in [5.74, 6) is -1.61. The number of rotatable bonds is 4. The average molecular weight is 397 g/mol. The van der Waals surface area contributed by atoms with Crippen LogP contribution in [-0.2, 0) is 26.4 Å². The number of aliphatic hydroxyl groups is 1. The van der Waals surface area contributed by atoms with Crippen LogP contribution in [0.25, 0.3) is 0 Å². The minimum atomic E-state index is -1.43. The molecule has 0 fully saturated rings. The van der Waals surface area contributed by atoms with Crippen molar-refractivity contribution in [2.24, 2.45) is 0 Å². The van der Waals surface area contributed by atoms with Gasteiger partial charge in [-0.3, -0.25) is 14.4 Å². The second-order valence-corrected chi connectivity index (χ2v) is 7.78. The first-order valence-corrected chi connectivity index (χ1v) is 9.61. The normalized spacial score (nSPS) is 19.5. The van der Waals surface area contributed by atoms with Gasteiger partial charge in [-0.15, -0.1) is 0 Å². The van der Waals surface area contributed by atoms with Crippen LogP contribution in [-0.4, -0.2) is 35.9 Å². The quantitative estimate of drug-likeness (QED) is 0.679. The second-order valence-electron chi connectivity index (χ2n) is 7.78. The molecule has 4 rings (SSSR count). The second kappa shape index (κ2) is 7.04. The van der Waals surface area contributed by atoms with Gasteiger partial charge in [0.1, 0.15) is 11.4 Å². The van der Waals surface area contributed by atoms with Crippen molar-refractivity contribution in [1.29, 1.82) is 0 Å². The molecule has 0 aliphatic carbocycles. The minimum Gasteiger partial charge on any atom is -0.466 e. The minimum absolute atomic E-state index is 0.0716. The summed E-state index contributed by atoms with van der Waals surface area (Å²) < 4.78 is 5.15. The summed E-state index contributed by atoms with van der Waals surface area (Å²) in [4.78, 5) is 38.8. The molecule has 3 N–H and O–H groups in total. The van der Waals surface area contributed by atoms with Crippen LogP contribution in [0.15, 0.2) is 34.9 Å². The van der Waals surface area contributed by atoms with Crippen LogP contribution in [0.1, 0.15) is 43.1 Å². The van der Waals surface area contributed by atoms with Crippen LogP contribution in [0.4, 0.5) is 11.4 Å². The number of carbonyl (C=O) groups excluding carboxylic acids is 3. The van der Waals surface area contributed by atoms with Crippen molar-refractivity contribution < 1.29 is 23.9 Å². The summed E-state index contributed by atoms with van der Waals surface area (Å²) in [7, 11) is 0. The molecule has 0 unspecified atom stereocenters. The van der Waals surface area contributed by atoms with Crippen molar-refractivity contribution in [2.45, 2.75) is 38.2 Å². The number of hydrogen-bond donors (Lipinski definition) is 3. The Hall–Kier alpha value is -3.13. The maximum absolute atomic E-state index is 12.4. The van der Waals surface area contributed by atoms with Crippen molar-refractivity contribution in [1.82, 2.24) is 5.32 Å². The Morgan fingerprint density at radius 3 is 2.86 bits per heavy atom. The van der Waals surface area contributed by atoms with Crippen LogP contribution in [0, 0.1) is 0 Å². The summed E-state index contributed by atoms with van der Waals surface area (Å²) in [6.07, 6.45) is 3.11. The lowest BCUT2D eigenvalue weighted by atomic mass is 9.96. The maximum atomic E-state index is 12.4. The molecule has 0 radical (unpaired) electrons. The summed E-state index contributed by atoms with van der Waals surface area (Å²) in [5.41, 5.74) is 1.88. The molecule has 0 saturated carbocycles. The van der Waals surface area contributed by atoms with E-state index in [0.717, 1.165) is 29.7 Å². The maximum Gasteiger partial charge on any atom is 0.313 e. The number of anilines is 2. The number of nitrogens with one attached hydrogen (secondary N) is 2. The molecule has 0 saturated heterocycles. The number of nitrogens with zero attached hydrogens (tertiary/aromatic N) is 1. The standard InChI is InChI=1S/C21H23N3O5/c1-12-15-10-14(9-13-5-3-7-24(17(13)15)20(12)27)23-19(26)18(25)22-11-21(2,28)16-6-4-8-29-16/h4,6,8-10,12,28H,3,5,7,11H2,1-2H3,(H,22,25)(H,23,26)/t12-,21+/m0/s1. The van der Waals surface area contributed by atoms with Crippen LogP contribution >= 0.6 is 0 Å². The Kier molecular flexibility index (Phi) is 4.66. The molecule has 1 aromatic heterocycles. The van der Waals surface area contributed by atoms with E-state index in [1.54, 1.807) is 18.2 Å². The first kappa shape index (κ1) is 19.2. The van der Waals surface area contributed by atoms with Crippen LogP contribution in [0.3, 0.4) is 0 Å². The number of aryl methyl sites for hydroxylation is 1. The Balaban J connectivity index is 1.45. The van der Waals surface area contributed by atoms with Crippen molar-refractivity contribution in [3.8, 4) is 0 Å². The lowest BCUT2D eigenvalue weighted by Crippen LogP contribution is -2.43. The molecule has 2 atom stereocenters. The summed E-state index contributed by atoms with van der Waals surface area (Å²) in [6.45, 7) is 3.88. The third kappa shape index (κ3) is 3.40. The van der Waals surface area contributed by atoms with E-state index in [1.807, 2.05) is 17.9 Å². The molecule has 152 valence electrons. The highest BCUT2D eigenvalue weighted by atomic mass is 16.4. The van der Waals surface area contributed by atoms with E-state index in [-0.39, 0.29) is 18.4 Å². The average Bonchev–Trinajstić information content (AvgIpc) is 3.32. The molecule has 8 heteroatoms. The van der Waals surface area contributed by atoms with Crippen LogP contribution < -0.4 is 15.5 Å². The van der Waals surface area contributed by atoms with Gasteiger partial charge >= 0.3 is 11.8 Å². The summed E-state index contributed by atoms with van der Waals surface area (Å²) in [5, 5.41) is 15.4. The summed E-state index contributed by atoms with van der Waals surface area (Å²) in [6, 6.07) is 6.80. The Bertz CT molecular complexity index is 980. The van der Waals surface area contributed by atoms with Crippen molar-refractivity contribution >= 4 is 29.1 Å². The van der Waals surface area contributed by atoms with Gasteiger partial charge in [0.2, 0.25) is 5.91 Å². The van der Waals surface area contributed by atoms with E-state index < -0.39 is 17.4 Å². The van der Waals surface area contributed by atoms with Gasteiger partial charge in [-0.1, -0.05) is 0 Å². The lowest BCUT2D eigenvalue weighted by Gasteiger charge is -2.26. The van der Waals surface area contributed by atoms with Gasteiger partial charge < -0.3 is 25.1 Å². The first-order valence-electron chi connectivity index (χ1n) is 9.61. The van der Waals surface area contributed by atoms with Gasteiger partial charge in [-0.05, 0) is 62.1 Å². The van der Waals surface area contributed by atoms with E-state index in [1.165, 1.54) is 13.2 Å².